The Morgan fingerprint density at radius 2 is 1.50 bits per heavy atom. The molecule has 30 heavy (non-hydrogen) atoms. The Hall–Kier alpha value is -2.38. The molecular formula is C17H31N5O7S. The van der Waals surface area contributed by atoms with Gasteiger partial charge >= 0.3 is 11.9 Å². The number of hydrogen-bond acceptors (Lipinski definition) is 8. The van der Waals surface area contributed by atoms with Gasteiger partial charge in [-0.3, -0.25) is 19.2 Å². The summed E-state index contributed by atoms with van der Waals surface area (Å²) in [7, 11) is 0. The maximum Gasteiger partial charge on any atom is 0.326 e. The first kappa shape index (κ1) is 27.6. The van der Waals surface area contributed by atoms with Crippen LogP contribution in [0.15, 0.2) is 0 Å². The Bertz CT molecular complexity index is 619. The quantitative estimate of drug-likeness (QED) is 0.100. The summed E-state index contributed by atoms with van der Waals surface area (Å²) in [6, 6.07) is -4.43. The van der Waals surface area contributed by atoms with Crippen LogP contribution in [0.5, 0.6) is 0 Å². The molecule has 0 aromatic rings. The van der Waals surface area contributed by atoms with Crippen LogP contribution in [0.2, 0.25) is 0 Å². The molecule has 0 aliphatic heterocycles. The number of unbranched alkanes of at least 4 members (excludes halogenated alkanes) is 1. The van der Waals surface area contributed by atoms with Gasteiger partial charge in [-0.1, -0.05) is 0 Å². The van der Waals surface area contributed by atoms with Gasteiger partial charge in [-0.15, -0.1) is 0 Å². The average molecular weight is 450 g/mol. The number of carboxylic acids is 2. The summed E-state index contributed by atoms with van der Waals surface area (Å²) in [5, 5.41) is 24.9. The monoisotopic (exact) mass is 449 g/mol. The maximum absolute atomic E-state index is 12.3. The van der Waals surface area contributed by atoms with E-state index in [0.717, 1.165) is 0 Å². The summed E-state index contributed by atoms with van der Waals surface area (Å²) in [5.41, 5.74) is 10.9. The van der Waals surface area contributed by atoms with Crippen molar-refractivity contribution < 1.29 is 34.2 Å². The Kier molecular flexibility index (Phi) is 13.4. The normalized spacial score (nSPS) is 14.7. The lowest BCUT2D eigenvalue weighted by Crippen LogP contribution is -2.57. The third-order valence-electron chi connectivity index (χ3n) is 4.14. The molecule has 0 aromatic carbocycles. The fourth-order valence-electron chi connectivity index (χ4n) is 2.31. The zero-order chi connectivity index (χ0) is 23.3. The van der Waals surface area contributed by atoms with Gasteiger partial charge in [0.2, 0.25) is 17.7 Å². The topological polar surface area (TPSA) is 214 Å². The molecule has 4 unspecified atom stereocenters. The minimum absolute atomic E-state index is 0.0993. The van der Waals surface area contributed by atoms with Crippen LogP contribution in [-0.2, 0) is 24.0 Å². The van der Waals surface area contributed by atoms with E-state index in [1.165, 1.54) is 6.92 Å². The summed E-state index contributed by atoms with van der Waals surface area (Å²) in [5.74, 6) is -4.56. The standard InChI is InChI=1S/C17H31N5O7S/c1-9(20-15(26)10(19)5-6-13(23)24)14(25)22-12(8-30)16(27)21-11(17(28)29)4-2-3-7-18/h9-12,30H,2-8,18-19H2,1H3,(H,20,26)(H,21,27)(H,22,25)(H,23,24)(H,28,29). The molecule has 0 aliphatic rings. The Labute approximate surface area is 179 Å². The van der Waals surface area contributed by atoms with Crippen molar-refractivity contribution >= 4 is 42.3 Å². The molecule has 0 heterocycles. The van der Waals surface area contributed by atoms with Crippen LogP contribution < -0.4 is 27.4 Å². The molecule has 172 valence electrons. The van der Waals surface area contributed by atoms with Crippen molar-refractivity contribution in [3.05, 3.63) is 0 Å². The highest BCUT2D eigenvalue weighted by atomic mass is 32.1. The van der Waals surface area contributed by atoms with Crippen molar-refractivity contribution in [2.45, 2.75) is 63.2 Å². The molecule has 0 aromatic heterocycles. The van der Waals surface area contributed by atoms with Crippen molar-refractivity contribution in [1.82, 2.24) is 16.0 Å². The zero-order valence-corrected chi connectivity index (χ0v) is 17.7. The van der Waals surface area contributed by atoms with E-state index in [1.807, 2.05) is 0 Å². The summed E-state index contributed by atoms with van der Waals surface area (Å²) >= 11 is 4.00. The average Bonchev–Trinajstić information content (AvgIpc) is 2.68. The summed E-state index contributed by atoms with van der Waals surface area (Å²) in [6.45, 7) is 1.76. The molecule has 12 nitrogen and oxygen atoms in total. The van der Waals surface area contributed by atoms with Crippen molar-refractivity contribution in [2.75, 3.05) is 12.3 Å². The minimum Gasteiger partial charge on any atom is -0.481 e. The number of rotatable bonds is 15. The number of carboxylic acid groups (broad SMARTS) is 2. The number of carbonyl (C=O) groups excluding carboxylic acids is 3. The molecule has 0 bridgehead atoms. The molecule has 0 spiro atoms. The van der Waals surface area contributed by atoms with Crippen LogP contribution in [-0.4, -0.2) is 76.3 Å². The van der Waals surface area contributed by atoms with Gasteiger partial charge in [0.05, 0.1) is 6.04 Å². The summed E-state index contributed by atoms with van der Waals surface area (Å²) in [6.07, 6.45) is 0.909. The smallest absolute Gasteiger partial charge is 0.326 e. The first-order chi connectivity index (χ1) is 14.0. The number of thiol groups is 1. The van der Waals surface area contributed by atoms with Gasteiger partial charge in [-0.25, -0.2) is 4.79 Å². The highest BCUT2D eigenvalue weighted by Crippen LogP contribution is 2.02. The van der Waals surface area contributed by atoms with E-state index in [1.54, 1.807) is 0 Å². The van der Waals surface area contributed by atoms with Crippen LogP contribution in [0.4, 0.5) is 0 Å². The van der Waals surface area contributed by atoms with Gasteiger partial charge in [-0.2, -0.15) is 12.6 Å². The minimum atomic E-state index is -1.21. The number of nitrogens with one attached hydrogen (secondary N) is 3. The molecule has 3 amide bonds. The number of carbonyl (C=O) groups is 5. The molecule has 0 saturated heterocycles. The fourth-order valence-corrected chi connectivity index (χ4v) is 2.57. The number of nitrogens with two attached hydrogens (primary N) is 2. The molecule has 0 aliphatic carbocycles. The largest absolute Gasteiger partial charge is 0.481 e. The van der Waals surface area contributed by atoms with Gasteiger partial charge in [-0.05, 0) is 39.2 Å². The first-order valence-electron chi connectivity index (χ1n) is 9.45. The molecule has 0 rings (SSSR count). The lowest BCUT2D eigenvalue weighted by molar-refractivity contribution is -0.142. The van der Waals surface area contributed by atoms with Gasteiger partial charge in [0, 0.05) is 12.2 Å². The van der Waals surface area contributed by atoms with Crippen molar-refractivity contribution in [2.24, 2.45) is 11.5 Å². The second-order valence-electron chi connectivity index (χ2n) is 6.70. The van der Waals surface area contributed by atoms with Gasteiger partial charge in [0.15, 0.2) is 0 Å². The van der Waals surface area contributed by atoms with E-state index in [4.69, 9.17) is 16.6 Å². The summed E-state index contributed by atoms with van der Waals surface area (Å²) < 4.78 is 0. The van der Waals surface area contributed by atoms with Crippen molar-refractivity contribution in [3.63, 3.8) is 0 Å². The number of aliphatic carboxylic acids is 2. The van der Waals surface area contributed by atoms with Gasteiger partial charge in [0.25, 0.3) is 0 Å². The second kappa shape index (κ2) is 14.6. The predicted molar refractivity (Wildman–Crippen MR) is 111 cm³/mol. The summed E-state index contributed by atoms with van der Waals surface area (Å²) in [4.78, 5) is 58.4. The van der Waals surface area contributed by atoms with E-state index >= 15 is 0 Å². The molecule has 13 heteroatoms. The zero-order valence-electron chi connectivity index (χ0n) is 16.8. The van der Waals surface area contributed by atoms with E-state index in [-0.39, 0.29) is 25.0 Å². The Morgan fingerprint density at radius 3 is 2.00 bits per heavy atom. The third kappa shape index (κ3) is 11.0. The van der Waals surface area contributed by atoms with Gasteiger partial charge in [0.1, 0.15) is 18.1 Å². The number of amides is 3. The molecular weight excluding hydrogens is 418 g/mol. The SMILES string of the molecule is CC(NC(=O)C(N)CCC(=O)O)C(=O)NC(CS)C(=O)NC(CCCCN)C(=O)O. The second-order valence-corrected chi connectivity index (χ2v) is 7.06. The van der Waals surface area contributed by atoms with Crippen LogP contribution in [0, 0.1) is 0 Å². The third-order valence-corrected chi connectivity index (χ3v) is 4.50. The fraction of sp³-hybridized carbons (Fsp3) is 0.706. The Balaban J connectivity index is 4.75. The highest BCUT2D eigenvalue weighted by molar-refractivity contribution is 7.80. The van der Waals surface area contributed by atoms with Gasteiger partial charge < -0.3 is 37.6 Å². The van der Waals surface area contributed by atoms with E-state index in [2.05, 4.69) is 28.6 Å². The lowest BCUT2D eigenvalue weighted by Gasteiger charge is -2.22. The van der Waals surface area contributed by atoms with Crippen LogP contribution in [0.25, 0.3) is 0 Å². The lowest BCUT2D eigenvalue weighted by atomic mass is 10.1. The van der Waals surface area contributed by atoms with E-state index in [0.29, 0.717) is 19.4 Å². The van der Waals surface area contributed by atoms with Crippen molar-refractivity contribution in [1.29, 1.82) is 0 Å². The molecule has 0 fully saturated rings. The molecule has 0 radical (unpaired) electrons. The maximum atomic E-state index is 12.3. The van der Waals surface area contributed by atoms with E-state index < -0.39 is 53.8 Å². The molecule has 4 atom stereocenters. The predicted octanol–water partition coefficient (Wildman–Crippen LogP) is -2.20. The van der Waals surface area contributed by atoms with Crippen molar-refractivity contribution in [3.8, 4) is 0 Å². The van der Waals surface area contributed by atoms with Crippen LogP contribution in [0.3, 0.4) is 0 Å². The Morgan fingerprint density at radius 1 is 0.900 bits per heavy atom. The highest BCUT2D eigenvalue weighted by Gasteiger charge is 2.28. The molecule has 0 saturated carbocycles. The number of hydrogen-bond donors (Lipinski definition) is 8. The van der Waals surface area contributed by atoms with Crippen LogP contribution in [0.1, 0.15) is 39.0 Å². The van der Waals surface area contributed by atoms with Crippen LogP contribution >= 0.6 is 12.6 Å². The van der Waals surface area contributed by atoms with E-state index in [9.17, 15) is 29.1 Å². The molecule has 9 N–H and O–H groups in total. The first-order valence-corrected chi connectivity index (χ1v) is 10.1.